The summed E-state index contributed by atoms with van der Waals surface area (Å²) in [5.74, 6) is -0.249. The van der Waals surface area contributed by atoms with Gasteiger partial charge in [-0.05, 0) is 65.7 Å². The second-order valence-corrected chi connectivity index (χ2v) is 5.70. The normalized spacial score (nSPS) is 21.8. The molecule has 0 spiro atoms. The highest BCUT2D eigenvalue weighted by Gasteiger charge is 2.16. The van der Waals surface area contributed by atoms with Gasteiger partial charge in [0.05, 0.1) is 10.6 Å². The van der Waals surface area contributed by atoms with Crippen molar-refractivity contribution in [2.45, 2.75) is 44.2 Å². The molecule has 1 aromatic carbocycles. The molecular weight excluding hydrogens is 297 g/mol. The quantitative estimate of drug-likeness (QED) is 0.913. The number of ether oxygens (including phenoxy) is 1. The van der Waals surface area contributed by atoms with Crippen LogP contribution in [0, 0.1) is 5.82 Å². The predicted molar refractivity (Wildman–Crippen MR) is 73.9 cm³/mol. The highest BCUT2D eigenvalue weighted by Crippen LogP contribution is 2.25. The average molecular weight is 316 g/mol. The molecule has 1 fully saturated rings. The molecule has 0 aromatic heterocycles. The largest absolute Gasteiger partial charge is 0.378 e. The minimum absolute atomic E-state index is 0.0487. The zero-order chi connectivity index (χ0) is 13.0. The number of hydrogen-bond donors (Lipinski definition) is 1. The fourth-order valence-corrected chi connectivity index (χ4v) is 2.71. The van der Waals surface area contributed by atoms with E-state index in [1.165, 1.54) is 18.9 Å². The van der Waals surface area contributed by atoms with Crippen LogP contribution in [0.15, 0.2) is 22.7 Å². The Balaban J connectivity index is 1.86. The molecule has 1 aromatic rings. The number of nitrogens with two attached hydrogens (primary N) is 1. The summed E-state index contributed by atoms with van der Waals surface area (Å²) >= 11 is 3.19. The first-order valence-corrected chi connectivity index (χ1v) is 7.28. The Kier molecular flexibility index (Phi) is 5.15. The molecule has 2 atom stereocenters. The van der Waals surface area contributed by atoms with E-state index in [9.17, 15) is 4.39 Å². The van der Waals surface area contributed by atoms with Crippen molar-refractivity contribution >= 4 is 15.9 Å². The van der Waals surface area contributed by atoms with Crippen LogP contribution in [-0.4, -0.2) is 12.7 Å². The van der Waals surface area contributed by atoms with Crippen molar-refractivity contribution < 1.29 is 9.13 Å². The summed E-state index contributed by atoms with van der Waals surface area (Å²) < 4.78 is 19.3. The van der Waals surface area contributed by atoms with Crippen LogP contribution >= 0.6 is 15.9 Å². The fraction of sp³-hybridized carbons (Fsp3) is 0.571. The lowest BCUT2D eigenvalue weighted by Crippen LogP contribution is -2.21. The second-order valence-electron chi connectivity index (χ2n) is 4.85. The molecule has 100 valence electrons. The minimum atomic E-state index is -0.249. The first-order valence-electron chi connectivity index (χ1n) is 6.49. The Morgan fingerprint density at radius 3 is 2.94 bits per heavy atom. The van der Waals surface area contributed by atoms with Gasteiger partial charge in [-0.1, -0.05) is 6.07 Å². The van der Waals surface area contributed by atoms with Gasteiger partial charge in [0, 0.05) is 12.6 Å². The molecule has 2 nitrogen and oxygen atoms in total. The van der Waals surface area contributed by atoms with Crippen molar-refractivity contribution in [1.82, 2.24) is 0 Å². The molecule has 1 aliphatic heterocycles. The molecule has 18 heavy (non-hydrogen) atoms. The van der Waals surface area contributed by atoms with E-state index >= 15 is 0 Å². The first-order chi connectivity index (χ1) is 8.66. The van der Waals surface area contributed by atoms with Crippen LogP contribution in [-0.2, 0) is 4.74 Å². The van der Waals surface area contributed by atoms with Gasteiger partial charge in [-0.25, -0.2) is 4.39 Å². The van der Waals surface area contributed by atoms with Crippen LogP contribution in [0.3, 0.4) is 0 Å². The van der Waals surface area contributed by atoms with Crippen LogP contribution in [0.25, 0.3) is 0 Å². The van der Waals surface area contributed by atoms with Crippen LogP contribution in [0.4, 0.5) is 4.39 Å². The van der Waals surface area contributed by atoms with Gasteiger partial charge >= 0.3 is 0 Å². The Labute approximate surface area is 116 Å². The predicted octanol–water partition coefficient (Wildman–Crippen LogP) is 3.94. The van der Waals surface area contributed by atoms with Gasteiger partial charge in [0.1, 0.15) is 5.82 Å². The van der Waals surface area contributed by atoms with Crippen molar-refractivity contribution in [2.75, 3.05) is 6.61 Å². The Hall–Kier alpha value is -0.450. The number of benzene rings is 1. The molecule has 0 aliphatic carbocycles. The van der Waals surface area contributed by atoms with E-state index in [4.69, 9.17) is 10.5 Å². The zero-order valence-corrected chi connectivity index (χ0v) is 12.0. The Morgan fingerprint density at radius 1 is 1.44 bits per heavy atom. The van der Waals surface area contributed by atoms with Gasteiger partial charge < -0.3 is 10.5 Å². The smallest absolute Gasteiger partial charge is 0.137 e. The van der Waals surface area contributed by atoms with Crippen molar-refractivity contribution in [3.63, 3.8) is 0 Å². The molecule has 1 saturated heterocycles. The zero-order valence-electron chi connectivity index (χ0n) is 10.4. The summed E-state index contributed by atoms with van der Waals surface area (Å²) in [5, 5.41) is 0. The molecule has 4 heteroatoms. The van der Waals surface area contributed by atoms with Gasteiger partial charge in [0.25, 0.3) is 0 Å². The van der Waals surface area contributed by atoms with Crippen molar-refractivity contribution in [2.24, 2.45) is 5.73 Å². The molecule has 1 aliphatic rings. The molecular formula is C14H19BrFNO. The monoisotopic (exact) mass is 315 g/mol. The standard InChI is InChI=1S/C14H19BrFNO/c15-12-9-10(4-6-13(12)16)14(17)7-5-11-3-1-2-8-18-11/h4,6,9,11,14H,1-3,5,7-8,17H2. The van der Waals surface area contributed by atoms with E-state index < -0.39 is 0 Å². The third-order valence-corrected chi connectivity index (χ3v) is 4.05. The van der Waals surface area contributed by atoms with Gasteiger partial charge in [0.15, 0.2) is 0 Å². The maximum absolute atomic E-state index is 13.1. The van der Waals surface area contributed by atoms with E-state index in [0.717, 1.165) is 31.4 Å². The summed E-state index contributed by atoms with van der Waals surface area (Å²) in [4.78, 5) is 0. The SMILES string of the molecule is NC(CCC1CCCCO1)c1ccc(F)c(Br)c1. The minimum Gasteiger partial charge on any atom is -0.378 e. The van der Waals surface area contributed by atoms with Gasteiger partial charge in [0.2, 0.25) is 0 Å². The molecule has 0 amide bonds. The Bertz CT molecular complexity index is 393. The summed E-state index contributed by atoms with van der Waals surface area (Å²) in [7, 11) is 0. The number of rotatable bonds is 4. The van der Waals surface area contributed by atoms with E-state index in [2.05, 4.69) is 15.9 Å². The van der Waals surface area contributed by atoms with Crippen LogP contribution in [0.2, 0.25) is 0 Å². The van der Waals surface area contributed by atoms with E-state index in [1.54, 1.807) is 12.1 Å². The third-order valence-electron chi connectivity index (χ3n) is 3.45. The van der Waals surface area contributed by atoms with Crippen LogP contribution in [0.1, 0.15) is 43.7 Å². The topological polar surface area (TPSA) is 35.2 Å². The highest BCUT2D eigenvalue weighted by atomic mass is 79.9. The summed E-state index contributed by atoms with van der Waals surface area (Å²) in [5.41, 5.74) is 7.10. The summed E-state index contributed by atoms with van der Waals surface area (Å²) in [6.45, 7) is 0.877. The molecule has 0 bridgehead atoms. The average Bonchev–Trinajstić information content (AvgIpc) is 2.40. The lowest BCUT2D eigenvalue weighted by molar-refractivity contribution is 0.00912. The fourth-order valence-electron chi connectivity index (χ4n) is 2.31. The maximum Gasteiger partial charge on any atom is 0.137 e. The van der Waals surface area contributed by atoms with E-state index in [-0.39, 0.29) is 11.9 Å². The number of halogens is 2. The van der Waals surface area contributed by atoms with Crippen molar-refractivity contribution in [1.29, 1.82) is 0 Å². The van der Waals surface area contributed by atoms with Crippen molar-refractivity contribution in [3.8, 4) is 0 Å². The van der Waals surface area contributed by atoms with E-state index in [1.807, 2.05) is 0 Å². The van der Waals surface area contributed by atoms with Gasteiger partial charge in [-0.3, -0.25) is 0 Å². The molecule has 0 saturated carbocycles. The van der Waals surface area contributed by atoms with Crippen LogP contribution in [0.5, 0.6) is 0 Å². The number of hydrogen-bond acceptors (Lipinski definition) is 2. The second kappa shape index (κ2) is 6.64. The molecule has 1 heterocycles. The molecule has 0 radical (unpaired) electrons. The molecule has 2 N–H and O–H groups in total. The van der Waals surface area contributed by atoms with Crippen molar-refractivity contribution in [3.05, 3.63) is 34.1 Å². The first kappa shape index (κ1) is 14.0. The molecule has 2 rings (SSSR count). The van der Waals surface area contributed by atoms with E-state index in [0.29, 0.717) is 10.6 Å². The Morgan fingerprint density at radius 2 is 2.28 bits per heavy atom. The lowest BCUT2D eigenvalue weighted by atomic mass is 9.98. The van der Waals surface area contributed by atoms with Gasteiger partial charge in [-0.2, -0.15) is 0 Å². The molecule has 2 unspecified atom stereocenters. The van der Waals surface area contributed by atoms with Gasteiger partial charge in [-0.15, -0.1) is 0 Å². The maximum atomic E-state index is 13.1. The van der Waals surface area contributed by atoms with Crippen LogP contribution < -0.4 is 5.73 Å². The lowest BCUT2D eigenvalue weighted by Gasteiger charge is -2.24. The third kappa shape index (κ3) is 3.77. The highest BCUT2D eigenvalue weighted by molar-refractivity contribution is 9.10. The summed E-state index contributed by atoms with van der Waals surface area (Å²) in [6, 6.07) is 4.93. The summed E-state index contributed by atoms with van der Waals surface area (Å²) in [6.07, 6.45) is 5.78.